The van der Waals surface area contributed by atoms with Crippen LogP contribution in [0.4, 0.5) is 17.6 Å². The van der Waals surface area contributed by atoms with Gasteiger partial charge in [-0.3, -0.25) is 4.79 Å². The van der Waals surface area contributed by atoms with Gasteiger partial charge < -0.3 is 15.8 Å². The predicted molar refractivity (Wildman–Crippen MR) is 70.1 cm³/mol. The van der Waals surface area contributed by atoms with Gasteiger partial charge in [-0.1, -0.05) is 12.1 Å². The molecule has 0 saturated carbocycles. The highest BCUT2D eigenvalue weighted by Crippen LogP contribution is 2.33. The first-order chi connectivity index (χ1) is 10.3. The first-order valence-corrected chi connectivity index (χ1v) is 6.78. The zero-order chi connectivity index (χ0) is 16.3. The Bertz CT molecular complexity index is 548. The average Bonchev–Trinajstić information content (AvgIpc) is 2.95. The smallest absolute Gasteiger partial charge is 0.356 e. The number of nitrogens with two attached hydrogens (primary N) is 1. The molecule has 0 radical (unpaired) electrons. The molecule has 8 heteroatoms. The molecule has 1 amide bonds. The van der Waals surface area contributed by atoms with E-state index in [1.165, 1.54) is 12.1 Å². The maximum Gasteiger partial charge on any atom is 0.414 e. The van der Waals surface area contributed by atoms with Crippen molar-refractivity contribution in [2.24, 2.45) is 5.73 Å². The summed E-state index contributed by atoms with van der Waals surface area (Å²) < 4.78 is 55.8. The molecule has 1 fully saturated rings. The van der Waals surface area contributed by atoms with Crippen molar-refractivity contribution < 1.29 is 27.1 Å². The van der Waals surface area contributed by atoms with Crippen LogP contribution in [0.1, 0.15) is 24.0 Å². The van der Waals surface area contributed by atoms with Gasteiger partial charge >= 0.3 is 6.18 Å². The fraction of sp³-hybridized carbons (Fsp3) is 0.500. The third-order valence-corrected chi connectivity index (χ3v) is 3.48. The van der Waals surface area contributed by atoms with Gasteiger partial charge in [-0.15, -0.1) is 0 Å². The molecular weight excluding hydrogens is 304 g/mol. The van der Waals surface area contributed by atoms with Gasteiger partial charge in [-0.25, -0.2) is 4.39 Å². The van der Waals surface area contributed by atoms with E-state index in [0.717, 1.165) is 0 Å². The fourth-order valence-electron chi connectivity index (χ4n) is 2.23. The molecule has 2 rings (SSSR count). The van der Waals surface area contributed by atoms with E-state index in [-0.39, 0.29) is 31.5 Å². The Labute approximate surface area is 124 Å². The summed E-state index contributed by atoms with van der Waals surface area (Å²) in [4.78, 5) is 11.8. The molecule has 1 heterocycles. The normalized spacial score (nSPS) is 21.9. The summed E-state index contributed by atoms with van der Waals surface area (Å²) in [7, 11) is 0. The number of halogens is 4. The summed E-state index contributed by atoms with van der Waals surface area (Å²) in [6.45, 7) is 0.0738. The first-order valence-electron chi connectivity index (χ1n) is 6.78. The van der Waals surface area contributed by atoms with Crippen molar-refractivity contribution in [1.29, 1.82) is 0 Å². The van der Waals surface area contributed by atoms with Crippen LogP contribution >= 0.6 is 0 Å². The van der Waals surface area contributed by atoms with Gasteiger partial charge in [0.1, 0.15) is 11.9 Å². The lowest BCUT2D eigenvalue weighted by Gasteiger charge is -2.16. The van der Waals surface area contributed by atoms with Crippen molar-refractivity contribution >= 4 is 5.91 Å². The molecular formula is C14H16F4N2O2. The zero-order valence-electron chi connectivity index (χ0n) is 11.6. The number of hydrogen-bond acceptors (Lipinski definition) is 3. The van der Waals surface area contributed by atoms with Crippen LogP contribution in [0.2, 0.25) is 0 Å². The second-order valence-electron chi connectivity index (χ2n) is 5.08. The minimum Gasteiger partial charge on any atom is -0.356 e. The molecule has 0 aromatic heterocycles. The standard InChI is InChI=1S/C14H16F4N2O2/c15-10-5-8(6-19)1-2-9(10)7-20-13(21)11-3-4-12(22-11)14(16,17)18/h1-2,5,11-12H,3-4,6-7,19H2,(H,20,21)/t11-,12+/m0/s1. The van der Waals surface area contributed by atoms with E-state index in [9.17, 15) is 22.4 Å². The van der Waals surface area contributed by atoms with E-state index >= 15 is 0 Å². The molecule has 3 N–H and O–H groups in total. The molecule has 4 nitrogen and oxygen atoms in total. The molecule has 1 aliphatic heterocycles. The van der Waals surface area contributed by atoms with E-state index in [2.05, 4.69) is 5.32 Å². The van der Waals surface area contributed by atoms with E-state index in [1.54, 1.807) is 6.07 Å². The van der Waals surface area contributed by atoms with E-state index < -0.39 is 30.1 Å². The van der Waals surface area contributed by atoms with E-state index in [1.807, 2.05) is 0 Å². The Morgan fingerprint density at radius 1 is 1.36 bits per heavy atom. The van der Waals surface area contributed by atoms with Gasteiger partial charge in [-0.2, -0.15) is 13.2 Å². The van der Waals surface area contributed by atoms with Gasteiger partial charge in [0.15, 0.2) is 6.10 Å². The number of amides is 1. The molecule has 0 aliphatic carbocycles. The Hall–Kier alpha value is -1.67. The number of alkyl halides is 3. The summed E-state index contributed by atoms with van der Waals surface area (Å²) >= 11 is 0. The molecule has 0 bridgehead atoms. The van der Waals surface area contributed by atoms with Crippen LogP contribution in [-0.2, 0) is 22.6 Å². The number of benzene rings is 1. The maximum atomic E-state index is 13.7. The summed E-state index contributed by atoms with van der Waals surface area (Å²) in [6, 6.07) is 4.36. The van der Waals surface area contributed by atoms with Crippen LogP contribution in [0.3, 0.4) is 0 Å². The zero-order valence-corrected chi connectivity index (χ0v) is 11.6. The van der Waals surface area contributed by atoms with Gasteiger partial charge in [0.2, 0.25) is 5.91 Å². The Kier molecular flexibility index (Phi) is 5.02. The first kappa shape index (κ1) is 16.7. The molecule has 1 saturated heterocycles. The average molecular weight is 320 g/mol. The number of ether oxygens (including phenoxy) is 1. The lowest BCUT2D eigenvalue weighted by Crippen LogP contribution is -2.36. The van der Waals surface area contributed by atoms with Crippen LogP contribution in [-0.4, -0.2) is 24.3 Å². The Morgan fingerprint density at radius 2 is 2.09 bits per heavy atom. The molecule has 22 heavy (non-hydrogen) atoms. The van der Waals surface area contributed by atoms with Gasteiger partial charge in [0, 0.05) is 18.7 Å². The molecule has 0 unspecified atom stereocenters. The largest absolute Gasteiger partial charge is 0.414 e. The maximum absolute atomic E-state index is 13.7. The summed E-state index contributed by atoms with van der Waals surface area (Å²) in [6.07, 6.45) is -7.80. The van der Waals surface area contributed by atoms with Crippen molar-refractivity contribution in [1.82, 2.24) is 5.32 Å². The third kappa shape index (κ3) is 3.95. The van der Waals surface area contributed by atoms with Gasteiger partial charge in [0.25, 0.3) is 0 Å². The topological polar surface area (TPSA) is 64.3 Å². The second-order valence-corrected chi connectivity index (χ2v) is 5.08. The molecule has 1 aromatic rings. The van der Waals surface area contributed by atoms with Crippen LogP contribution in [0.25, 0.3) is 0 Å². The highest BCUT2D eigenvalue weighted by Gasteiger charge is 2.47. The minimum absolute atomic E-state index is 0.00932. The van der Waals surface area contributed by atoms with Crippen LogP contribution < -0.4 is 11.1 Å². The quantitative estimate of drug-likeness (QED) is 0.834. The number of nitrogens with one attached hydrogen (secondary N) is 1. The molecule has 1 aliphatic rings. The number of carbonyl (C=O) groups is 1. The van der Waals surface area contributed by atoms with Crippen molar-refractivity contribution in [3.05, 3.63) is 35.1 Å². The van der Waals surface area contributed by atoms with Crippen LogP contribution in [0.15, 0.2) is 18.2 Å². The van der Waals surface area contributed by atoms with Crippen molar-refractivity contribution in [3.63, 3.8) is 0 Å². The predicted octanol–water partition coefficient (Wildman–Crippen LogP) is 2.01. The highest BCUT2D eigenvalue weighted by atomic mass is 19.4. The van der Waals surface area contributed by atoms with Crippen LogP contribution in [0.5, 0.6) is 0 Å². The third-order valence-electron chi connectivity index (χ3n) is 3.48. The summed E-state index contributed by atoms with van der Waals surface area (Å²) in [5.74, 6) is -1.20. The highest BCUT2D eigenvalue weighted by molar-refractivity contribution is 5.81. The Morgan fingerprint density at radius 3 is 2.64 bits per heavy atom. The SMILES string of the molecule is NCc1ccc(CNC(=O)[C@@H]2CC[C@H](C(F)(F)F)O2)c(F)c1. The second kappa shape index (κ2) is 6.62. The van der Waals surface area contributed by atoms with Gasteiger partial charge in [-0.05, 0) is 24.5 Å². The fourth-order valence-corrected chi connectivity index (χ4v) is 2.23. The number of carbonyl (C=O) groups excluding carboxylic acids is 1. The molecule has 1 aromatic carbocycles. The van der Waals surface area contributed by atoms with Crippen molar-refractivity contribution in [2.75, 3.05) is 0 Å². The van der Waals surface area contributed by atoms with Crippen molar-refractivity contribution in [3.8, 4) is 0 Å². The van der Waals surface area contributed by atoms with Crippen molar-refractivity contribution in [2.45, 2.75) is 44.3 Å². The number of hydrogen-bond donors (Lipinski definition) is 2. The minimum atomic E-state index is -4.47. The Balaban J connectivity index is 1.89. The number of rotatable bonds is 4. The summed E-state index contributed by atoms with van der Waals surface area (Å²) in [5.41, 5.74) is 6.22. The van der Waals surface area contributed by atoms with E-state index in [4.69, 9.17) is 10.5 Å². The van der Waals surface area contributed by atoms with Gasteiger partial charge in [0.05, 0.1) is 0 Å². The monoisotopic (exact) mass is 320 g/mol. The van der Waals surface area contributed by atoms with Crippen LogP contribution in [0, 0.1) is 5.82 Å². The molecule has 122 valence electrons. The summed E-state index contributed by atoms with van der Waals surface area (Å²) in [5, 5.41) is 2.39. The lowest BCUT2D eigenvalue weighted by atomic mass is 10.1. The van der Waals surface area contributed by atoms with E-state index in [0.29, 0.717) is 5.56 Å². The molecule has 2 atom stereocenters. The molecule has 0 spiro atoms. The lowest BCUT2D eigenvalue weighted by molar-refractivity contribution is -0.214.